The number of halogens is 1. The number of anilines is 1. The molecule has 0 spiro atoms. The minimum Gasteiger partial charge on any atom is -0.384 e. The Bertz CT molecular complexity index is 886. The Labute approximate surface area is 166 Å². The molecular formula is C23H26ClN3. The molecule has 2 heterocycles. The molecule has 4 heteroatoms. The molecule has 1 aromatic heterocycles. The smallest absolute Gasteiger partial charge is 0.0730 e. The molecule has 4 rings (SSSR count). The van der Waals surface area contributed by atoms with Crippen molar-refractivity contribution in [3.63, 3.8) is 0 Å². The Morgan fingerprint density at radius 3 is 2.56 bits per heavy atom. The molecule has 1 fully saturated rings. The maximum Gasteiger partial charge on any atom is 0.0730 e. The van der Waals surface area contributed by atoms with Crippen LogP contribution in [0.1, 0.15) is 25.7 Å². The largest absolute Gasteiger partial charge is 0.384 e. The number of hydrogen-bond donors (Lipinski definition) is 1. The maximum atomic E-state index is 6.04. The van der Waals surface area contributed by atoms with Crippen molar-refractivity contribution in [2.45, 2.75) is 25.7 Å². The van der Waals surface area contributed by atoms with Gasteiger partial charge in [0.2, 0.25) is 0 Å². The Morgan fingerprint density at radius 2 is 1.74 bits per heavy atom. The van der Waals surface area contributed by atoms with Gasteiger partial charge < -0.3 is 10.2 Å². The van der Waals surface area contributed by atoms with E-state index in [2.05, 4.69) is 34.5 Å². The number of hydrogen-bond acceptors (Lipinski definition) is 3. The van der Waals surface area contributed by atoms with Gasteiger partial charge in [-0.15, -0.1) is 0 Å². The zero-order valence-corrected chi connectivity index (χ0v) is 16.4. The monoisotopic (exact) mass is 379 g/mol. The quantitative estimate of drug-likeness (QED) is 0.545. The van der Waals surface area contributed by atoms with Gasteiger partial charge in [-0.05, 0) is 63.2 Å². The summed E-state index contributed by atoms with van der Waals surface area (Å²) < 4.78 is 0. The molecule has 140 valence electrons. The third-order valence-electron chi connectivity index (χ3n) is 5.27. The summed E-state index contributed by atoms with van der Waals surface area (Å²) >= 11 is 6.04. The molecule has 3 aromatic rings. The number of fused-ring (bicyclic) bond motifs is 1. The second-order valence-electron chi connectivity index (χ2n) is 7.26. The first kappa shape index (κ1) is 18.3. The molecule has 0 amide bonds. The summed E-state index contributed by atoms with van der Waals surface area (Å²) in [5.41, 5.74) is 4.23. The van der Waals surface area contributed by atoms with Gasteiger partial charge in [0.15, 0.2) is 0 Å². The third kappa shape index (κ3) is 4.60. The predicted octanol–water partition coefficient (Wildman–Crippen LogP) is 5.84. The van der Waals surface area contributed by atoms with E-state index < -0.39 is 0 Å². The lowest BCUT2D eigenvalue weighted by Crippen LogP contribution is -2.31. The molecule has 2 aromatic carbocycles. The second-order valence-corrected chi connectivity index (χ2v) is 7.70. The standard InChI is InChI=1S/C23H26ClN3/c24-19-11-9-18(10-12-19)22-17-23(20-7-2-3-8-21(20)26-22)25-13-6-16-27-14-4-1-5-15-27/h2-3,7-12,17H,1,4-6,13-16H2,(H,25,26). The van der Waals surface area contributed by atoms with Crippen LogP contribution in [0.2, 0.25) is 5.02 Å². The fraction of sp³-hybridized carbons (Fsp3) is 0.348. The van der Waals surface area contributed by atoms with E-state index in [1.807, 2.05) is 30.3 Å². The Kier molecular flexibility index (Phi) is 5.90. The van der Waals surface area contributed by atoms with Gasteiger partial charge in [0.05, 0.1) is 11.2 Å². The van der Waals surface area contributed by atoms with E-state index >= 15 is 0 Å². The number of nitrogens with one attached hydrogen (secondary N) is 1. The van der Waals surface area contributed by atoms with E-state index in [1.54, 1.807) is 0 Å². The first-order valence-corrected chi connectivity index (χ1v) is 10.3. The summed E-state index contributed by atoms with van der Waals surface area (Å²) in [4.78, 5) is 7.44. The van der Waals surface area contributed by atoms with Crippen molar-refractivity contribution in [2.24, 2.45) is 0 Å². The molecule has 1 aliphatic rings. The normalized spacial score (nSPS) is 15.1. The van der Waals surface area contributed by atoms with Crippen LogP contribution in [0.15, 0.2) is 54.6 Å². The molecule has 1 aliphatic heterocycles. The van der Waals surface area contributed by atoms with E-state index in [0.29, 0.717) is 0 Å². The van der Waals surface area contributed by atoms with Gasteiger partial charge in [0.25, 0.3) is 0 Å². The molecule has 0 aliphatic carbocycles. The zero-order chi connectivity index (χ0) is 18.5. The van der Waals surface area contributed by atoms with Gasteiger partial charge in [0, 0.05) is 28.2 Å². The van der Waals surface area contributed by atoms with Crippen molar-refractivity contribution < 1.29 is 0 Å². The number of rotatable bonds is 6. The van der Waals surface area contributed by atoms with Crippen molar-refractivity contribution in [1.82, 2.24) is 9.88 Å². The molecule has 27 heavy (non-hydrogen) atoms. The average molecular weight is 380 g/mol. The van der Waals surface area contributed by atoms with Crippen LogP contribution in [0.5, 0.6) is 0 Å². The highest BCUT2D eigenvalue weighted by Crippen LogP contribution is 2.29. The second kappa shape index (κ2) is 8.73. The lowest BCUT2D eigenvalue weighted by Gasteiger charge is -2.26. The molecule has 0 unspecified atom stereocenters. The van der Waals surface area contributed by atoms with Crippen LogP contribution in [0.4, 0.5) is 5.69 Å². The molecule has 0 bridgehead atoms. The van der Waals surface area contributed by atoms with Crippen molar-refractivity contribution in [3.05, 3.63) is 59.6 Å². The summed E-state index contributed by atoms with van der Waals surface area (Å²) in [5, 5.41) is 5.58. The van der Waals surface area contributed by atoms with E-state index in [0.717, 1.165) is 40.4 Å². The summed E-state index contributed by atoms with van der Waals surface area (Å²) in [7, 11) is 0. The van der Waals surface area contributed by atoms with Gasteiger partial charge in [0.1, 0.15) is 0 Å². The van der Waals surface area contributed by atoms with Crippen molar-refractivity contribution in [2.75, 3.05) is 31.5 Å². The van der Waals surface area contributed by atoms with Crippen LogP contribution in [-0.4, -0.2) is 36.1 Å². The minimum atomic E-state index is 0.746. The SMILES string of the molecule is Clc1ccc(-c2cc(NCCCN3CCCCC3)c3ccccc3n2)cc1. The van der Waals surface area contributed by atoms with Crippen LogP contribution in [0, 0.1) is 0 Å². The van der Waals surface area contributed by atoms with Crippen LogP contribution in [0.25, 0.3) is 22.2 Å². The first-order valence-electron chi connectivity index (χ1n) is 9.91. The average Bonchev–Trinajstić information content (AvgIpc) is 2.72. The molecule has 3 nitrogen and oxygen atoms in total. The number of aromatic nitrogens is 1. The number of piperidine rings is 1. The fourth-order valence-electron chi connectivity index (χ4n) is 3.80. The van der Waals surface area contributed by atoms with Gasteiger partial charge in [-0.2, -0.15) is 0 Å². The minimum absolute atomic E-state index is 0.746. The number of likely N-dealkylation sites (tertiary alicyclic amines) is 1. The fourth-order valence-corrected chi connectivity index (χ4v) is 3.92. The Morgan fingerprint density at radius 1 is 0.963 bits per heavy atom. The summed E-state index contributed by atoms with van der Waals surface area (Å²) in [6.07, 6.45) is 5.26. The number of pyridine rings is 1. The summed E-state index contributed by atoms with van der Waals surface area (Å²) in [5.74, 6) is 0. The first-order chi connectivity index (χ1) is 13.3. The van der Waals surface area contributed by atoms with Crippen LogP contribution in [-0.2, 0) is 0 Å². The topological polar surface area (TPSA) is 28.2 Å². The van der Waals surface area contributed by atoms with Gasteiger partial charge in [-0.25, -0.2) is 4.98 Å². The van der Waals surface area contributed by atoms with Gasteiger partial charge in [-0.1, -0.05) is 48.4 Å². The molecule has 0 radical (unpaired) electrons. The highest BCUT2D eigenvalue weighted by atomic mass is 35.5. The van der Waals surface area contributed by atoms with Crippen LogP contribution >= 0.6 is 11.6 Å². The number of benzene rings is 2. The van der Waals surface area contributed by atoms with Crippen molar-refractivity contribution >= 4 is 28.2 Å². The number of para-hydroxylation sites is 1. The third-order valence-corrected chi connectivity index (χ3v) is 5.52. The molecule has 1 N–H and O–H groups in total. The molecule has 0 saturated carbocycles. The van der Waals surface area contributed by atoms with E-state index in [-0.39, 0.29) is 0 Å². The highest BCUT2D eigenvalue weighted by Gasteiger charge is 2.10. The van der Waals surface area contributed by atoms with E-state index in [4.69, 9.17) is 16.6 Å². The van der Waals surface area contributed by atoms with Gasteiger partial charge >= 0.3 is 0 Å². The van der Waals surface area contributed by atoms with Crippen molar-refractivity contribution in [3.8, 4) is 11.3 Å². The molecule has 1 saturated heterocycles. The van der Waals surface area contributed by atoms with Crippen LogP contribution < -0.4 is 5.32 Å². The lowest BCUT2D eigenvalue weighted by atomic mass is 10.1. The Balaban J connectivity index is 1.50. The van der Waals surface area contributed by atoms with Gasteiger partial charge in [-0.3, -0.25) is 0 Å². The maximum absolute atomic E-state index is 6.04. The molecular weight excluding hydrogens is 354 g/mol. The van der Waals surface area contributed by atoms with E-state index in [1.165, 1.54) is 44.3 Å². The number of nitrogens with zero attached hydrogens (tertiary/aromatic N) is 2. The van der Waals surface area contributed by atoms with Crippen molar-refractivity contribution in [1.29, 1.82) is 0 Å². The summed E-state index contributed by atoms with van der Waals surface area (Å²) in [6, 6.07) is 18.4. The summed E-state index contributed by atoms with van der Waals surface area (Å²) in [6.45, 7) is 4.68. The zero-order valence-electron chi connectivity index (χ0n) is 15.6. The predicted molar refractivity (Wildman–Crippen MR) is 116 cm³/mol. The molecule has 0 atom stereocenters. The highest BCUT2D eigenvalue weighted by molar-refractivity contribution is 6.30. The Hall–Kier alpha value is -2.10. The van der Waals surface area contributed by atoms with E-state index in [9.17, 15) is 0 Å². The lowest BCUT2D eigenvalue weighted by molar-refractivity contribution is 0.228. The van der Waals surface area contributed by atoms with Crippen LogP contribution in [0.3, 0.4) is 0 Å².